The van der Waals surface area contributed by atoms with Crippen molar-refractivity contribution in [3.8, 4) is 0 Å². The van der Waals surface area contributed by atoms with E-state index >= 15 is 0 Å². The maximum absolute atomic E-state index is 12.6. The zero-order valence-electron chi connectivity index (χ0n) is 41.9. The highest BCUT2D eigenvalue weighted by atomic mass is 17.2. The van der Waals surface area contributed by atoms with Gasteiger partial charge >= 0.3 is 35.8 Å². The van der Waals surface area contributed by atoms with Crippen LogP contribution in [0.1, 0.15) is 233 Å². The average Bonchev–Trinajstić information content (AvgIpc) is 3.29. The number of unbranched alkanes of at least 4 members (excludes halogenated alkanes) is 21. The Morgan fingerprint density at radius 3 is 0.727 bits per heavy atom. The summed E-state index contributed by atoms with van der Waals surface area (Å²) < 4.78 is 15.3. The zero-order valence-corrected chi connectivity index (χ0v) is 41.9. The molecule has 0 aliphatic heterocycles. The van der Waals surface area contributed by atoms with Crippen molar-refractivity contribution in [3.63, 3.8) is 0 Å². The van der Waals surface area contributed by atoms with Crippen LogP contribution in [-0.4, -0.2) is 55.6 Å². The molecular weight excluding hydrogens is 853 g/mol. The molecule has 0 spiro atoms. The summed E-state index contributed by atoms with van der Waals surface area (Å²) in [6, 6.07) is 4.78. The number of benzene rings is 1. The van der Waals surface area contributed by atoms with Gasteiger partial charge in [-0.15, -0.1) is 0 Å². The largest absolute Gasteiger partial charge is 0.457 e. The first-order valence-corrected chi connectivity index (χ1v) is 24.8. The summed E-state index contributed by atoms with van der Waals surface area (Å²) >= 11 is 0. The van der Waals surface area contributed by atoms with Crippen LogP contribution in [0.5, 0.6) is 0 Å². The lowest BCUT2D eigenvalue weighted by Gasteiger charge is -2.31. The van der Waals surface area contributed by atoms with E-state index in [1.165, 1.54) is 77.0 Å². The summed E-state index contributed by atoms with van der Waals surface area (Å²) in [5, 5.41) is 0. The SMILES string of the molecule is CCCCCCCCCCOC(=O)C(=O)OOC(C)(C)c1cc(C(C)(C)OOC(=O)C(=O)OCCCCCCCCCC)cc(C(C)(C)OOC(=O)C(=O)OCCCCCCCCCC)c1. The third-order valence-corrected chi connectivity index (χ3v) is 11.2. The first kappa shape index (κ1) is 59.9. The van der Waals surface area contributed by atoms with Crippen LogP contribution < -0.4 is 0 Å². The average molecular weight is 937 g/mol. The van der Waals surface area contributed by atoms with Gasteiger partial charge < -0.3 is 14.2 Å². The lowest BCUT2D eigenvalue weighted by molar-refractivity contribution is -0.331. The minimum Gasteiger partial charge on any atom is -0.457 e. The van der Waals surface area contributed by atoms with E-state index in [4.69, 9.17) is 43.5 Å². The quantitative estimate of drug-likeness (QED) is 0.0154. The molecule has 378 valence electrons. The van der Waals surface area contributed by atoms with Gasteiger partial charge in [-0.05, 0) is 95.7 Å². The van der Waals surface area contributed by atoms with Crippen molar-refractivity contribution in [2.45, 2.75) is 233 Å². The Bertz CT molecular complexity index is 1370. The van der Waals surface area contributed by atoms with E-state index in [2.05, 4.69) is 20.8 Å². The molecule has 0 saturated heterocycles. The third kappa shape index (κ3) is 26.3. The summed E-state index contributed by atoms with van der Waals surface area (Å²) in [6.07, 6.45) is 25.1. The molecular formula is C51H84O15. The lowest BCUT2D eigenvalue weighted by Crippen LogP contribution is -2.32. The number of esters is 3. The third-order valence-electron chi connectivity index (χ3n) is 11.2. The van der Waals surface area contributed by atoms with E-state index in [1.807, 2.05) is 0 Å². The molecule has 15 nitrogen and oxygen atoms in total. The molecule has 0 atom stereocenters. The predicted octanol–water partition coefficient (Wildman–Crippen LogP) is 11.9. The Labute approximate surface area is 395 Å². The van der Waals surface area contributed by atoms with Crippen molar-refractivity contribution < 1.29 is 72.3 Å². The van der Waals surface area contributed by atoms with Gasteiger partial charge in [0.2, 0.25) is 0 Å². The Balaban J connectivity index is 3.06. The predicted molar refractivity (Wildman–Crippen MR) is 248 cm³/mol. The fourth-order valence-electron chi connectivity index (χ4n) is 6.72. The van der Waals surface area contributed by atoms with E-state index in [0.29, 0.717) is 36.0 Å². The molecule has 66 heavy (non-hydrogen) atoms. The molecule has 0 fully saturated rings. The molecule has 0 aliphatic carbocycles. The highest BCUT2D eigenvalue weighted by Gasteiger charge is 2.36. The minimum atomic E-state index is -1.46. The molecule has 1 aromatic rings. The molecule has 1 aromatic carbocycles. The molecule has 0 N–H and O–H groups in total. The van der Waals surface area contributed by atoms with E-state index in [1.54, 1.807) is 59.7 Å². The second kappa shape index (κ2) is 34.2. The molecule has 1 rings (SSSR count). The number of hydrogen-bond acceptors (Lipinski definition) is 15. The molecule has 0 heterocycles. The first-order chi connectivity index (χ1) is 31.4. The van der Waals surface area contributed by atoms with E-state index in [-0.39, 0.29) is 19.8 Å². The van der Waals surface area contributed by atoms with Gasteiger partial charge in [-0.25, -0.2) is 28.8 Å². The second-order valence-electron chi connectivity index (χ2n) is 18.5. The Kier molecular flexibility index (Phi) is 31.1. The maximum atomic E-state index is 12.6. The maximum Gasteiger partial charge on any atom is 0.449 e. The van der Waals surface area contributed by atoms with Crippen molar-refractivity contribution >= 4 is 35.8 Å². The fourth-order valence-corrected chi connectivity index (χ4v) is 6.72. The Hall–Kier alpha value is -4.08. The summed E-state index contributed by atoms with van der Waals surface area (Å²) in [5.74, 6) is -7.67. The molecule has 0 aromatic heterocycles. The van der Waals surface area contributed by atoms with Gasteiger partial charge in [0.25, 0.3) is 0 Å². The topological polar surface area (TPSA) is 185 Å². The lowest BCUT2D eigenvalue weighted by atomic mass is 9.85. The van der Waals surface area contributed by atoms with Crippen LogP contribution in [0, 0.1) is 0 Å². The number of rotatable bonds is 36. The second-order valence-corrected chi connectivity index (χ2v) is 18.5. The molecule has 0 radical (unpaired) electrons. The summed E-state index contributed by atoms with van der Waals surface area (Å²) in [7, 11) is 0. The van der Waals surface area contributed by atoms with Crippen LogP contribution in [-0.2, 0) is 89.1 Å². The van der Waals surface area contributed by atoms with Crippen LogP contribution in [0.4, 0.5) is 0 Å². The number of carbonyl (C=O) groups excluding carboxylic acids is 6. The summed E-state index contributed by atoms with van der Waals surface area (Å²) in [4.78, 5) is 107. The molecule has 0 amide bonds. The van der Waals surface area contributed by atoms with Crippen LogP contribution in [0.25, 0.3) is 0 Å². The smallest absolute Gasteiger partial charge is 0.449 e. The normalized spacial score (nSPS) is 11.8. The van der Waals surface area contributed by atoms with Crippen LogP contribution in [0.15, 0.2) is 18.2 Å². The van der Waals surface area contributed by atoms with Gasteiger partial charge in [0.05, 0.1) is 19.8 Å². The Morgan fingerprint density at radius 1 is 0.318 bits per heavy atom. The number of ether oxygens (including phenoxy) is 3. The standard InChI is InChI=1S/C51H84O15/c1-10-13-16-19-22-25-28-31-34-58-43(52)46(55)61-64-49(4,5)40-37-41(50(6,7)65-62-47(56)44(53)59-35-32-29-26-23-20-17-14-11-2)39-42(38-40)51(8,9)66-63-48(57)45(54)60-36-33-30-27-24-21-18-15-12-3/h37-39H,10-36H2,1-9H3. The fraction of sp³-hybridized carbons (Fsp3) is 0.765. The molecule has 0 aliphatic rings. The van der Waals surface area contributed by atoms with Crippen molar-refractivity contribution in [2.24, 2.45) is 0 Å². The van der Waals surface area contributed by atoms with Crippen LogP contribution in [0.3, 0.4) is 0 Å². The monoisotopic (exact) mass is 937 g/mol. The molecule has 15 heteroatoms. The minimum absolute atomic E-state index is 0.0605. The molecule has 0 unspecified atom stereocenters. The zero-order chi connectivity index (χ0) is 49.3. The van der Waals surface area contributed by atoms with Crippen LogP contribution in [0.2, 0.25) is 0 Å². The van der Waals surface area contributed by atoms with Crippen LogP contribution >= 0.6 is 0 Å². The van der Waals surface area contributed by atoms with E-state index < -0.39 is 52.6 Å². The van der Waals surface area contributed by atoms with Crippen molar-refractivity contribution in [1.29, 1.82) is 0 Å². The van der Waals surface area contributed by atoms with E-state index in [0.717, 1.165) is 57.8 Å². The summed E-state index contributed by atoms with van der Waals surface area (Å²) in [6.45, 7) is 16.0. The van der Waals surface area contributed by atoms with Crippen molar-refractivity contribution in [1.82, 2.24) is 0 Å². The number of hydrogen-bond donors (Lipinski definition) is 0. The molecule has 0 bridgehead atoms. The summed E-state index contributed by atoms with van der Waals surface area (Å²) in [5.41, 5.74) is -3.40. The highest BCUT2D eigenvalue weighted by Crippen LogP contribution is 2.37. The van der Waals surface area contributed by atoms with Gasteiger partial charge in [0.1, 0.15) is 16.8 Å². The van der Waals surface area contributed by atoms with Gasteiger partial charge in [-0.2, -0.15) is 14.7 Å². The van der Waals surface area contributed by atoms with E-state index in [9.17, 15) is 28.8 Å². The van der Waals surface area contributed by atoms with Gasteiger partial charge in [-0.1, -0.05) is 156 Å². The first-order valence-electron chi connectivity index (χ1n) is 24.8. The van der Waals surface area contributed by atoms with Crippen molar-refractivity contribution in [3.05, 3.63) is 34.9 Å². The number of carbonyl (C=O) groups is 6. The highest BCUT2D eigenvalue weighted by molar-refractivity contribution is 6.30. The molecule has 0 saturated carbocycles. The van der Waals surface area contributed by atoms with Crippen molar-refractivity contribution in [2.75, 3.05) is 19.8 Å². The van der Waals surface area contributed by atoms with Gasteiger partial charge in [-0.3, -0.25) is 14.7 Å². The van der Waals surface area contributed by atoms with Gasteiger partial charge in [0, 0.05) is 0 Å². The van der Waals surface area contributed by atoms with Gasteiger partial charge in [0.15, 0.2) is 0 Å². The Morgan fingerprint density at radius 2 is 0.515 bits per heavy atom.